The van der Waals surface area contributed by atoms with E-state index in [4.69, 9.17) is 0 Å². The highest BCUT2D eigenvalue weighted by atomic mass is 16.2. The summed E-state index contributed by atoms with van der Waals surface area (Å²) in [6, 6.07) is 14.9. The monoisotopic (exact) mass is 364 g/mol. The van der Waals surface area contributed by atoms with E-state index in [0.29, 0.717) is 18.4 Å². The minimum absolute atomic E-state index is 0.230. The quantitative estimate of drug-likeness (QED) is 0.631. The third kappa shape index (κ3) is 3.92. The molecule has 0 aromatic heterocycles. The first-order chi connectivity index (χ1) is 12.8. The van der Waals surface area contributed by atoms with Gasteiger partial charge in [0.05, 0.1) is 6.54 Å². The molecule has 140 valence electrons. The zero-order valence-corrected chi connectivity index (χ0v) is 15.9. The van der Waals surface area contributed by atoms with Gasteiger partial charge in [0, 0.05) is 5.56 Å². The number of nitrogens with zero attached hydrogens (tertiary/aromatic N) is 1. The summed E-state index contributed by atoms with van der Waals surface area (Å²) in [5.41, 5.74) is 2.46. The van der Waals surface area contributed by atoms with E-state index in [2.05, 4.69) is 5.32 Å². The molecule has 27 heavy (non-hydrogen) atoms. The number of Topliss-reactive ketones (excluding diaryl/α,β-unsaturated/α-hetero) is 1. The Balaban J connectivity index is 1.72. The van der Waals surface area contributed by atoms with Gasteiger partial charge in [-0.25, -0.2) is 4.79 Å². The zero-order valence-electron chi connectivity index (χ0n) is 15.9. The van der Waals surface area contributed by atoms with Crippen LogP contribution in [0.15, 0.2) is 48.5 Å². The highest BCUT2D eigenvalue weighted by Crippen LogP contribution is 2.24. The first-order valence-electron chi connectivity index (χ1n) is 9.09. The third-order valence-corrected chi connectivity index (χ3v) is 5.10. The molecule has 1 atom stereocenters. The Labute approximate surface area is 159 Å². The number of aryl methyl sites for hydroxylation is 3. The van der Waals surface area contributed by atoms with E-state index in [1.54, 1.807) is 13.0 Å². The number of imide groups is 1. The van der Waals surface area contributed by atoms with Gasteiger partial charge in [0.1, 0.15) is 5.54 Å². The van der Waals surface area contributed by atoms with Gasteiger partial charge in [0.15, 0.2) is 5.78 Å². The van der Waals surface area contributed by atoms with E-state index in [1.807, 2.05) is 56.3 Å². The average molecular weight is 364 g/mol. The van der Waals surface area contributed by atoms with Gasteiger partial charge < -0.3 is 5.32 Å². The van der Waals surface area contributed by atoms with E-state index in [0.717, 1.165) is 21.6 Å². The lowest BCUT2D eigenvalue weighted by atomic mass is 9.93. The molecule has 3 amide bonds. The fourth-order valence-electron chi connectivity index (χ4n) is 3.36. The summed E-state index contributed by atoms with van der Waals surface area (Å²) in [6.45, 7) is 5.24. The van der Waals surface area contributed by atoms with Crippen LogP contribution in [0.4, 0.5) is 4.79 Å². The Bertz CT molecular complexity index is 892. The SMILES string of the molecule is Cc1ccc(C)c(C(=O)CN2C(=O)N[C@](C)(CCc3ccccc3)C2=O)c1. The summed E-state index contributed by atoms with van der Waals surface area (Å²) in [5, 5.41) is 2.77. The van der Waals surface area contributed by atoms with Gasteiger partial charge in [0.25, 0.3) is 5.91 Å². The predicted molar refractivity (Wildman–Crippen MR) is 104 cm³/mol. The molecule has 0 aliphatic carbocycles. The Morgan fingerprint density at radius 3 is 2.48 bits per heavy atom. The maximum absolute atomic E-state index is 12.9. The van der Waals surface area contributed by atoms with Gasteiger partial charge in [0.2, 0.25) is 0 Å². The maximum Gasteiger partial charge on any atom is 0.325 e. The van der Waals surface area contributed by atoms with E-state index in [-0.39, 0.29) is 18.2 Å². The van der Waals surface area contributed by atoms with Crippen molar-refractivity contribution in [3.63, 3.8) is 0 Å². The molecule has 3 rings (SSSR count). The van der Waals surface area contributed by atoms with Crippen molar-refractivity contribution >= 4 is 17.7 Å². The molecule has 0 spiro atoms. The van der Waals surface area contributed by atoms with Crippen LogP contribution in [0, 0.1) is 13.8 Å². The second-order valence-electron chi connectivity index (χ2n) is 7.38. The number of rotatable bonds is 6. The van der Waals surface area contributed by atoms with Crippen LogP contribution in [0.25, 0.3) is 0 Å². The van der Waals surface area contributed by atoms with Crippen LogP contribution in [0.5, 0.6) is 0 Å². The molecule has 1 aliphatic heterocycles. The molecule has 2 aromatic rings. The largest absolute Gasteiger partial charge is 0.325 e. The summed E-state index contributed by atoms with van der Waals surface area (Å²) < 4.78 is 0. The Hall–Kier alpha value is -2.95. The number of hydrogen-bond donors (Lipinski definition) is 1. The van der Waals surface area contributed by atoms with Crippen molar-refractivity contribution in [1.29, 1.82) is 0 Å². The third-order valence-electron chi connectivity index (χ3n) is 5.10. The van der Waals surface area contributed by atoms with Crippen molar-refractivity contribution < 1.29 is 14.4 Å². The van der Waals surface area contributed by atoms with Crippen LogP contribution < -0.4 is 5.32 Å². The number of carbonyl (C=O) groups excluding carboxylic acids is 3. The van der Waals surface area contributed by atoms with Crippen molar-refractivity contribution in [3.05, 3.63) is 70.8 Å². The summed E-state index contributed by atoms with van der Waals surface area (Å²) >= 11 is 0. The smallest absolute Gasteiger partial charge is 0.323 e. The molecule has 2 aromatic carbocycles. The fourth-order valence-corrected chi connectivity index (χ4v) is 3.36. The van der Waals surface area contributed by atoms with Crippen molar-refractivity contribution in [3.8, 4) is 0 Å². The van der Waals surface area contributed by atoms with Crippen LogP contribution in [0.2, 0.25) is 0 Å². The second kappa shape index (κ2) is 7.35. The van der Waals surface area contributed by atoms with Gasteiger partial charge >= 0.3 is 6.03 Å². The number of nitrogens with one attached hydrogen (secondary N) is 1. The highest BCUT2D eigenvalue weighted by molar-refractivity contribution is 6.11. The molecule has 1 heterocycles. The van der Waals surface area contributed by atoms with Gasteiger partial charge in [-0.1, -0.05) is 48.0 Å². The Morgan fingerprint density at radius 2 is 1.78 bits per heavy atom. The zero-order chi connectivity index (χ0) is 19.6. The van der Waals surface area contributed by atoms with E-state index < -0.39 is 11.6 Å². The molecule has 5 heteroatoms. The lowest BCUT2D eigenvalue weighted by molar-refractivity contribution is -0.130. The van der Waals surface area contributed by atoms with Gasteiger partial charge in [-0.2, -0.15) is 0 Å². The molecule has 0 saturated carbocycles. The van der Waals surface area contributed by atoms with Crippen molar-refractivity contribution in [2.75, 3.05) is 6.54 Å². The molecule has 1 aliphatic rings. The molecular weight excluding hydrogens is 340 g/mol. The Kier molecular flexibility index (Phi) is 5.13. The van der Waals surface area contributed by atoms with Crippen molar-refractivity contribution in [1.82, 2.24) is 10.2 Å². The minimum atomic E-state index is -0.991. The molecular formula is C22H24N2O3. The average Bonchev–Trinajstić information content (AvgIpc) is 2.86. The molecule has 1 fully saturated rings. The standard InChI is InChI=1S/C22H24N2O3/c1-15-9-10-16(2)18(13-15)19(25)14-24-20(26)22(3,23-21(24)27)12-11-17-7-5-4-6-8-17/h4-10,13H,11-12,14H2,1-3H3,(H,23,27)/t22-/m1/s1. The lowest BCUT2D eigenvalue weighted by Gasteiger charge is -2.21. The van der Waals surface area contributed by atoms with E-state index in [1.165, 1.54) is 0 Å². The molecule has 0 bridgehead atoms. The van der Waals surface area contributed by atoms with Crippen molar-refractivity contribution in [2.24, 2.45) is 0 Å². The summed E-state index contributed by atoms with van der Waals surface area (Å²) in [6.07, 6.45) is 1.15. The van der Waals surface area contributed by atoms with Crippen LogP contribution in [0.1, 0.15) is 40.4 Å². The van der Waals surface area contributed by atoms with Gasteiger partial charge in [-0.3, -0.25) is 14.5 Å². The Morgan fingerprint density at radius 1 is 1.07 bits per heavy atom. The molecule has 1 saturated heterocycles. The summed E-state index contributed by atoms with van der Waals surface area (Å²) in [7, 11) is 0. The minimum Gasteiger partial charge on any atom is -0.323 e. The molecule has 1 N–H and O–H groups in total. The first-order valence-corrected chi connectivity index (χ1v) is 9.09. The van der Waals surface area contributed by atoms with Crippen LogP contribution in [-0.4, -0.2) is 34.7 Å². The van der Waals surface area contributed by atoms with Crippen molar-refractivity contribution in [2.45, 2.75) is 39.2 Å². The highest BCUT2D eigenvalue weighted by Gasteiger charge is 2.47. The predicted octanol–water partition coefficient (Wildman–Crippen LogP) is 3.43. The topological polar surface area (TPSA) is 66.5 Å². The number of ketones is 1. The van der Waals surface area contributed by atoms with Gasteiger partial charge in [-0.05, 0) is 50.8 Å². The molecule has 0 radical (unpaired) electrons. The normalized spacial score (nSPS) is 19.3. The fraction of sp³-hybridized carbons (Fsp3) is 0.318. The lowest BCUT2D eigenvalue weighted by Crippen LogP contribution is -2.44. The second-order valence-corrected chi connectivity index (χ2v) is 7.38. The molecule has 5 nitrogen and oxygen atoms in total. The summed E-state index contributed by atoms with van der Waals surface area (Å²) in [4.78, 5) is 39.0. The molecule has 0 unspecified atom stereocenters. The summed E-state index contributed by atoms with van der Waals surface area (Å²) in [5.74, 6) is -0.575. The van der Waals surface area contributed by atoms with E-state index in [9.17, 15) is 14.4 Å². The first kappa shape index (κ1) is 18.8. The van der Waals surface area contributed by atoms with Gasteiger partial charge in [-0.15, -0.1) is 0 Å². The number of carbonyl (C=O) groups is 3. The number of benzene rings is 2. The van der Waals surface area contributed by atoms with Crippen LogP contribution >= 0.6 is 0 Å². The van der Waals surface area contributed by atoms with E-state index >= 15 is 0 Å². The van der Waals surface area contributed by atoms with Crippen LogP contribution in [0.3, 0.4) is 0 Å². The van der Waals surface area contributed by atoms with Crippen LogP contribution in [-0.2, 0) is 11.2 Å². The number of hydrogen-bond acceptors (Lipinski definition) is 3. The number of urea groups is 1. The maximum atomic E-state index is 12.9. The number of amides is 3.